The summed E-state index contributed by atoms with van der Waals surface area (Å²) in [7, 11) is 0. The number of rotatable bonds is 34. The Labute approximate surface area is 324 Å². The first-order valence-electron chi connectivity index (χ1n) is 20.7. The van der Waals surface area contributed by atoms with Gasteiger partial charge in [-0.1, -0.05) is 194 Å². The van der Waals surface area contributed by atoms with E-state index in [2.05, 4.69) is 44.3 Å². The number of hydrogen-bond donors (Lipinski definition) is 3. The van der Waals surface area contributed by atoms with Crippen molar-refractivity contribution in [1.29, 1.82) is 0 Å². The molecule has 0 fully saturated rings. The van der Waals surface area contributed by atoms with Crippen molar-refractivity contribution >= 4 is 11.9 Å². The summed E-state index contributed by atoms with van der Waals surface area (Å²) < 4.78 is 5.80. The number of unbranched alkanes of at least 4 members (excludes halogenated alkanes) is 11. The second kappa shape index (κ2) is 39.7. The number of allylic oxidation sites excluding steroid dienone is 18. The van der Waals surface area contributed by atoms with E-state index in [1.807, 2.05) is 91.1 Å². The first kappa shape index (κ1) is 49.5. The number of esters is 1. The maximum atomic E-state index is 13.1. The van der Waals surface area contributed by atoms with Crippen LogP contribution in [0.3, 0.4) is 0 Å². The third-order valence-corrected chi connectivity index (χ3v) is 8.57. The second-order valence-electron chi connectivity index (χ2n) is 13.5. The molecule has 3 atom stereocenters. The molecule has 0 aliphatic rings. The molecular weight excluding hydrogens is 659 g/mol. The number of aliphatic hydroxyl groups is 2. The number of amides is 1. The normalized spacial score (nSPS) is 14.6. The molecule has 0 aromatic carbocycles. The Hall–Kier alpha value is -3.48. The Morgan fingerprint density at radius 3 is 1.51 bits per heavy atom. The fourth-order valence-electron chi connectivity index (χ4n) is 5.47. The zero-order valence-corrected chi connectivity index (χ0v) is 33.6. The predicted molar refractivity (Wildman–Crippen MR) is 227 cm³/mol. The van der Waals surface area contributed by atoms with Crippen molar-refractivity contribution in [3.63, 3.8) is 0 Å². The summed E-state index contributed by atoms with van der Waals surface area (Å²) in [6.45, 7) is 6.10. The van der Waals surface area contributed by atoms with Gasteiger partial charge in [0.2, 0.25) is 5.91 Å². The topological polar surface area (TPSA) is 95.9 Å². The van der Waals surface area contributed by atoms with Crippen molar-refractivity contribution in [1.82, 2.24) is 5.32 Å². The molecule has 0 radical (unpaired) electrons. The van der Waals surface area contributed by atoms with Gasteiger partial charge in [0.1, 0.15) is 6.10 Å². The van der Waals surface area contributed by atoms with Crippen LogP contribution in [0.4, 0.5) is 0 Å². The Morgan fingerprint density at radius 2 is 1.02 bits per heavy atom. The first-order chi connectivity index (χ1) is 26.0. The van der Waals surface area contributed by atoms with Crippen LogP contribution in [-0.2, 0) is 14.3 Å². The van der Waals surface area contributed by atoms with Gasteiger partial charge >= 0.3 is 5.97 Å². The number of nitrogens with one attached hydrogen (secondary N) is 1. The van der Waals surface area contributed by atoms with Gasteiger partial charge in [0.25, 0.3) is 0 Å². The van der Waals surface area contributed by atoms with Gasteiger partial charge in [0.15, 0.2) is 0 Å². The summed E-state index contributed by atoms with van der Waals surface area (Å²) in [5.74, 6) is -0.649. The minimum absolute atomic E-state index is 0.00476. The van der Waals surface area contributed by atoms with Crippen LogP contribution in [0.5, 0.6) is 0 Å². The lowest BCUT2D eigenvalue weighted by Crippen LogP contribution is -2.46. The van der Waals surface area contributed by atoms with E-state index in [-0.39, 0.29) is 31.3 Å². The van der Waals surface area contributed by atoms with Crippen LogP contribution in [0.15, 0.2) is 109 Å². The Kier molecular flexibility index (Phi) is 37.1. The van der Waals surface area contributed by atoms with Gasteiger partial charge in [-0.25, -0.2) is 0 Å². The quantitative estimate of drug-likeness (QED) is 0.0348. The monoisotopic (exact) mass is 734 g/mol. The van der Waals surface area contributed by atoms with Gasteiger partial charge in [0, 0.05) is 6.42 Å². The first-order valence-corrected chi connectivity index (χ1v) is 20.7. The third kappa shape index (κ3) is 35.3. The number of carbonyl (C=O) groups excluding carboxylic acids is 2. The fraction of sp³-hybridized carbons (Fsp3) is 0.574. The Morgan fingerprint density at radius 1 is 0.566 bits per heavy atom. The van der Waals surface area contributed by atoms with E-state index in [9.17, 15) is 19.8 Å². The molecule has 3 unspecified atom stereocenters. The highest BCUT2D eigenvalue weighted by Crippen LogP contribution is 2.15. The minimum atomic E-state index is -0.821. The van der Waals surface area contributed by atoms with E-state index in [0.717, 1.165) is 51.4 Å². The van der Waals surface area contributed by atoms with Gasteiger partial charge in [-0.15, -0.1) is 0 Å². The van der Waals surface area contributed by atoms with Crippen LogP contribution in [0.1, 0.15) is 149 Å². The van der Waals surface area contributed by atoms with Crippen LogP contribution >= 0.6 is 0 Å². The predicted octanol–water partition coefficient (Wildman–Crippen LogP) is 11.6. The molecule has 0 aliphatic carbocycles. The van der Waals surface area contributed by atoms with Gasteiger partial charge in [-0.2, -0.15) is 0 Å². The molecule has 53 heavy (non-hydrogen) atoms. The van der Waals surface area contributed by atoms with E-state index in [1.165, 1.54) is 44.9 Å². The molecule has 0 bridgehead atoms. The highest BCUT2D eigenvalue weighted by Gasteiger charge is 2.23. The molecule has 0 aromatic rings. The standard InChI is InChI=1S/C47H75NO5/c1-4-7-10-13-16-19-22-23-25-28-31-34-37-40-47(52)53-43(38-35-32-29-26-24-20-17-14-11-8-5-2)41-46(51)48-44(42-49)45(50)39-36-33-30-27-21-18-15-12-9-6-3/h7-8,10-11,13-14,16-17,19-20,22-26,28-29,31,43-45,49-50H,4-6,9,12,15,18,21,27,30,32-42H2,1-3H3,(H,48,51)/b10-7+,11-8+,16-13+,17-14+,22-19-,24-20-,25-23-,29-26-,31-28+. The molecule has 6 heteroatoms. The molecule has 0 spiro atoms. The molecule has 0 heterocycles. The fourth-order valence-corrected chi connectivity index (χ4v) is 5.47. The van der Waals surface area contributed by atoms with Crippen LogP contribution in [0, 0.1) is 0 Å². The highest BCUT2D eigenvalue weighted by molar-refractivity contribution is 5.77. The van der Waals surface area contributed by atoms with Gasteiger partial charge in [-0.05, 0) is 51.4 Å². The zero-order valence-electron chi connectivity index (χ0n) is 33.6. The van der Waals surface area contributed by atoms with Crippen molar-refractivity contribution in [2.24, 2.45) is 0 Å². The summed E-state index contributed by atoms with van der Waals surface area (Å²) in [4.78, 5) is 25.8. The van der Waals surface area contributed by atoms with Crippen LogP contribution < -0.4 is 5.32 Å². The van der Waals surface area contributed by atoms with E-state index in [1.54, 1.807) is 0 Å². The summed E-state index contributed by atoms with van der Waals surface area (Å²) in [5.41, 5.74) is 0. The smallest absolute Gasteiger partial charge is 0.306 e. The van der Waals surface area contributed by atoms with Crippen molar-refractivity contribution in [3.05, 3.63) is 109 Å². The average Bonchev–Trinajstić information content (AvgIpc) is 3.15. The number of aliphatic hydroxyl groups excluding tert-OH is 2. The van der Waals surface area contributed by atoms with Crippen LogP contribution in [-0.4, -0.2) is 46.9 Å². The van der Waals surface area contributed by atoms with E-state index in [0.29, 0.717) is 19.3 Å². The van der Waals surface area contributed by atoms with Crippen molar-refractivity contribution < 1.29 is 24.5 Å². The third-order valence-electron chi connectivity index (χ3n) is 8.57. The summed E-state index contributed by atoms with van der Waals surface area (Å²) >= 11 is 0. The molecule has 0 aromatic heterocycles. The number of ether oxygens (including phenoxy) is 1. The van der Waals surface area contributed by atoms with Gasteiger partial charge in [0.05, 0.1) is 25.2 Å². The lowest BCUT2D eigenvalue weighted by molar-refractivity contribution is -0.151. The molecule has 298 valence electrons. The average molecular weight is 734 g/mol. The molecule has 0 aliphatic heterocycles. The lowest BCUT2D eigenvalue weighted by Gasteiger charge is -2.24. The molecule has 0 saturated heterocycles. The lowest BCUT2D eigenvalue weighted by atomic mass is 10.0. The molecule has 6 nitrogen and oxygen atoms in total. The minimum Gasteiger partial charge on any atom is -0.462 e. The molecule has 1 amide bonds. The Bertz CT molecular complexity index is 1140. The van der Waals surface area contributed by atoms with E-state index < -0.39 is 18.2 Å². The molecule has 0 saturated carbocycles. The SMILES string of the molecule is CC/C=C/C=C/C=C\C=C/C=C/CCCC(=O)OC(CCC\C=C/C=C\C=C\C=C\CC)CC(=O)NC(CO)C(O)CCCCCCCCCCCC. The Balaban J connectivity index is 4.87. The van der Waals surface area contributed by atoms with Crippen molar-refractivity contribution in [2.75, 3.05) is 6.61 Å². The second-order valence-corrected chi connectivity index (χ2v) is 13.5. The zero-order chi connectivity index (χ0) is 38.9. The summed E-state index contributed by atoms with van der Waals surface area (Å²) in [6, 6.07) is -0.741. The maximum absolute atomic E-state index is 13.1. The van der Waals surface area contributed by atoms with Gasteiger partial charge < -0.3 is 20.3 Å². The van der Waals surface area contributed by atoms with Gasteiger partial charge in [-0.3, -0.25) is 9.59 Å². The maximum Gasteiger partial charge on any atom is 0.306 e. The largest absolute Gasteiger partial charge is 0.462 e. The van der Waals surface area contributed by atoms with Crippen molar-refractivity contribution in [2.45, 2.75) is 167 Å². The van der Waals surface area contributed by atoms with Crippen molar-refractivity contribution in [3.8, 4) is 0 Å². The highest BCUT2D eigenvalue weighted by atomic mass is 16.5. The number of carbonyl (C=O) groups is 2. The number of hydrogen-bond acceptors (Lipinski definition) is 5. The molecular formula is C47H75NO5. The van der Waals surface area contributed by atoms with Crippen LogP contribution in [0.25, 0.3) is 0 Å². The van der Waals surface area contributed by atoms with E-state index in [4.69, 9.17) is 4.74 Å². The summed E-state index contributed by atoms with van der Waals surface area (Å²) in [5, 5.41) is 23.5. The summed E-state index contributed by atoms with van der Waals surface area (Å²) in [6.07, 6.45) is 53.0. The van der Waals surface area contributed by atoms with E-state index >= 15 is 0 Å². The molecule has 3 N–H and O–H groups in total. The molecule has 0 rings (SSSR count). The van der Waals surface area contributed by atoms with Crippen LogP contribution in [0.2, 0.25) is 0 Å².